The van der Waals surface area contributed by atoms with Gasteiger partial charge >= 0.3 is 12.3 Å². The molecule has 0 saturated carbocycles. The van der Waals surface area contributed by atoms with Crippen LogP contribution in [0.2, 0.25) is 0 Å². The zero-order valence-electron chi connectivity index (χ0n) is 9.27. The third-order valence-corrected chi connectivity index (χ3v) is 2.08. The summed E-state index contributed by atoms with van der Waals surface area (Å²) in [6.45, 7) is 3.40. The first-order valence-corrected chi connectivity index (χ1v) is 5.35. The summed E-state index contributed by atoms with van der Waals surface area (Å²) < 4.78 is 18.2. The molecule has 6 nitrogen and oxygen atoms in total. The van der Waals surface area contributed by atoms with Gasteiger partial charge in [0, 0.05) is 0 Å². The first-order valence-electron chi connectivity index (χ1n) is 5.35. The Bertz CT molecular complexity index is 229. The molecule has 0 N–H and O–H groups in total. The highest BCUT2D eigenvalue weighted by molar-refractivity contribution is 5.61. The van der Waals surface area contributed by atoms with Crippen LogP contribution in [-0.2, 0) is 18.9 Å². The van der Waals surface area contributed by atoms with Gasteiger partial charge in [-0.25, -0.2) is 9.59 Å². The Hall–Kier alpha value is -1.46. The van der Waals surface area contributed by atoms with E-state index in [1.165, 1.54) is 0 Å². The van der Waals surface area contributed by atoms with Crippen LogP contribution in [0, 0.1) is 0 Å². The van der Waals surface area contributed by atoms with Crippen molar-refractivity contribution in [3.63, 3.8) is 0 Å². The highest BCUT2D eigenvalue weighted by Crippen LogP contribution is 2.07. The molecule has 0 aromatic heterocycles. The van der Waals surface area contributed by atoms with Crippen LogP contribution < -0.4 is 0 Å². The molecule has 16 heavy (non-hydrogen) atoms. The van der Waals surface area contributed by atoms with E-state index in [1.54, 1.807) is 0 Å². The zero-order valence-corrected chi connectivity index (χ0v) is 9.27. The lowest BCUT2D eigenvalue weighted by Crippen LogP contribution is -2.06. The van der Waals surface area contributed by atoms with E-state index >= 15 is 0 Å². The van der Waals surface area contributed by atoms with Gasteiger partial charge in [-0.1, -0.05) is 6.92 Å². The molecule has 2 aliphatic heterocycles. The summed E-state index contributed by atoms with van der Waals surface area (Å²) in [6, 6.07) is 0. The van der Waals surface area contributed by atoms with Crippen molar-refractivity contribution < 1.29 is 28.5 Å². The fraction of sp³-hybridized carbons (Fsp3) is 0.800. The van der Waals surface area contributed by atoms with E-state index in [1.807, 2.05) is 6.92 Å². The maximum absolute atomic E-state index is 10.2. The zero-order chi connectivity index (χ0) is 11.8. The average molecular weight is 232 g/mol. The third kappa shape index (κ3) is 4.86. The molecule has 1 atom stereocenters. The molecule has 0 aromatic carbocycles. The Morgan fingerprint density at radius 1 is 1.06 bits per heavy atom. The van der Waals surface area contributed by atoms with Gasteiger partial charge in [-0.2, -0.15) is 0 Å². The standard InChI is InChI=1S/2C5H8O3/c1-2-4-3-7-5(6)8-4;6-5-7-3-1-2-4-8-5/h4H,2-3H2,1H3;1-4H2. The van der Waals surface area contributed by atoms with Gasteiger partial charge < -0.3 is 18.9 Å². The summed E-state index contributed by atoms with van der Waals surface area (Å²) in [5.74, 6) is 0. The number of rotatable bonds is 1. The lowest BCUT2D eigenvalue weighted by atomic mass is 10.3. The Labute approximate surface area is 93.8 Å². The smallest absolute Gasteiger partial charge is 0.434 e. The quantitative estimate of drug-likeness (QED) is 0.642. The maximum atomic E-state index is 10.2. The van der Waals surface area contributed by atoms with Gasteiger partial charge in [-0.05, 0) is 19.3 Å². The minimum Gasteiger partial charge on any atom is -0.434 e. The molecule has 0 aromatic rings. The van der Waals surface area contributed by atoms with Crippen molar-refractivity contribution in [2.45, 2.75) is 32.3 Å². The second-order valence-corrected chi connectivity index (χ2v) is 3.36. The minimum absolute atomic E-state index is 0.00231. The Morgan fingerprint density at radius 2 is 1.69 bits per heavy atom. The van der Waals surface area contributed by atoms with E-state index in [4.69, 9.17) is 0 Å². The highest BCUT2D eigenvalue weighted by atomic mass is 16.8. The molecule has 2 aliphatic rings. The van der Waals surface area contributed by atoms with Crippen LogP contribution in [0.3, 0.4) is 0 Å². The van der Waals surface area contributed by atoms with Crippen molar-refractivity contribution in [3.05, 3.63) is 0 Å². The fourth-order valence-electron chi connectivity index (χ4n) is 1.12. The molecule has 2 heterocycles. The van der Waals surface area contributed by atoms with Crippen LogP contribution in [0.25, 0.3) is 0 Å². The van der Waals surface area contributed by atoms with Crippen LogP contribution in [0.5, 0.6) is 0 Å². The lowest BCUT2D eigenvalue weighted by molar-refractivity contribution is 0.0728. The van der Waals surface area contributed by atoms with Gasteiger partial charge in [-0.15, -0.1) is 0 Å². The van der Waals surface area contributed by atoms with Gasteiger partial charge in [0.2, 0.25) is 0 Å². The number of hydrogen-bond acceptors (Lipinski definition) is 6. The van der Waals surface area contributed by atoms with Crippen LogP contribution in [-0.4, -0.2) is 38.2 Å². The second kappa shape index (κ2) is 6.92. The molecular weight excluding hydrogens is 216 g/mol. The van der Waals surface area contributed by atoms with Crippen molar-refractivity contribution in [2.75, 3.05) is 19.8 Å². The molecular formula is C10H16O6. The summed E-state index contributed by atoms with van der Waals surface area (Å²) in [5, 5.41) is 0. The van der Waals surface area contributed by atoms with E-state index in [0.29, 0.717) is 19.8 Å². The summed E-state index contributed by atoms with van der Waals surface area (Å²) in [6.07, 6.45) is 1.63. The normalized spacial score (nSPS) is 23.9. The van der Waals surface area contributed by atoms with Gasteiger partial charge in [0.15, 0.2) is 0 Å². The number of cyclic esters (lactones) is 4. The summed E-state index contributed by atoms with van der Waals surface area (Å²) >= 11 is 0. The first-order chi connectivity index (χ1) is 7.72. The van der Waals surface area contributed by atoms with E-state index < -0.39 is 12.3 Å². The number of ether oxygens (including phenoxy) is 4. The van der Waals surface area contributed by atoms with E-state index in [2.05, 4.69) is 18.9 Å². The highest BCUT2D eigenvalue weighted by Gasteiger charge is 2.22. The summed E-state index contributed by atoms with van der Waals surface area (Å²) in [5.41, 5.74) is 0. The first kappa shape index (κ1) is 12.6. The van der Waals surface area contributed by atoms with Crippen molar-refractivity contribution in [1.82, 2.24) is 0 Å². The molecule has 0 bridgehead atoms. The number of carbonyl (C=O) groups excluding carboxylic acids is 2. The van der Waals surface area contributed by atoms with Crippen LogP contribution in [0.4, 0.5) is 9.59 Å². The van der Waals surface area contributed by atoms with Gasteiger partial charge in [0.05, 0.1) is 13.2 Å². The number of hydrogen-bond donors (Lipinski definition) is 0. The molecule has 2 rings (SSSR count). The Balaban J connectivity index is 0.000000160. The summed E-state index contributed by atoms with van der Waals surface area (Å²) in [4.78, 5) is 20.4. The second-order valence-electron chi connectivity index (χ2n) is 3.36. The molecule has 0 aliphatic carbocycles. The molecule has 0 radical (unpaired) electrons. The van der Waals surface area contributed by atoms with E-state index in [-0.39, 0.29) is 6.10 Å². The molecule has 92 valence electrons. The lowest BCUT2D eigenvalue weighted by Gasteiger charge is -1.97. The molecule has 1 unspecified atom stereocenters. The van der Waals surface area contributed by atoms with Crippen LogP contribution >= 0.6 is 0 Å². The van der Waals surface area contributed by atoms with Crippen molar-refractivity contribution in [2.24, 2.45) is 0 Å². The number of carbonyl (C=O) groups is 2. The van der Waals surface area contributed by atoms with Crippen LogP contribution in [0.15, 0.2) is 0 Å². The van der Waals surface area contributed by atoms with Crippen molar-refractivity contribution in [3.8, 4) is 0 Å². The fourth-order valence-corrected chi connectivity index (χ4v) is 1.12. The largest absolute Gasteiger partial charge is 0.508 e. The molecule has 0 amide bonds. The third-order valence-electron chi connectivity index (χ3n) is 2.08. The van der Waals surface area contributed by atoms with Crippen LogP contribution in [0.1, 0.15) is 26.2 Å². The van der Waals surface area contributed by atoms with Crippen molar-refractivity contribution >= 4 is 12.3 Å². The Kier molecular flexibility index (Phi) is 5.45. The predicted molar refractivity (Wildman–Crippen MR) is 53.0 cm³/mol. The predicted octanol–water partition coefficient (Wildman–Crippen LogP) is 1.87. The molecule has 2 fully saturated rings. The SMILES string of the molecule is CCC1COC(=O)O1.O=C1OCCCCO1. The average Bonchev–Trinajstić information content (AvgIpc) is 2.55. The minimum atomic E-state index is -0.531. The van der Waals surface area contributed by atoms with Gasteiger partial charge in [0.1, 0.15) is 12.7 Å². The molecule has 0 spiro atoms. The van der Waals surface area contributed by atoms with Gasteiger partial charge in [0.25, 0.3) is 0 Å². The maximum Gasteiger partial charge on any atom is 0.508 e. The molecule has 2 saturated heterocycles. The van der Waals surface area contributed by atoms with E-state index in [9.17, 15) is 9.59 Å². The summed E-state index contributed by atoms with van der Waals surface area (Å²) in [7, 11) is 0. The topological polar surface area (TPSA) is 71.1 Å². The van der Waals surface area contributed by atoms with Crippen molar-refractivity contribution in [1.29, 1.82) is 0 Å². The Morgan fingerprint density at radius 3 is 2.06 bits per heavy atom. The monoisotopic (exact) mass is 232 g/mol. The molecule has 6 heteroatoms. The van der Waals surface area contributed by atoms with E-state index in [0.717, 1.165) is 19.3 Å². The van der Waals surface area contributed by atoms with Gasteiger partial charge in [-0.3, -0.25) is 0 Å².